The Balaban J connectivity index is 1.95. The zero-order valence-electron chi connectivity index (χ0n) is 10.8. The lowest BCUT2D eigenvalue weighted by Crippen LogP contribution is -2.38. The summed E-state index contributed by atoms with van der Waals surface area (Å²) in [6.07, 6.45) is 2.57. The standard InChI is InChI=1S/C13H20N2O2/c1-9-4-6-15(7-5-9)13(16)8-12-10(2)14-11(3)17-12/h9H,4-8H2,1-3H3. The van der Waals surface area contributed by atoms with Crippen molar-refractivity contribution in [2.45, 2.75) is 40.0 Å². The summed E-state index contributed by atoms with van der Waals surface area (Å²) >= 11 is 0. The van der Waals surface area contributed by atoms with E-state index in [-0.39, 0.29) is 5.91 Å². The van der Waals surface area contributed by atoms with Crippen LogP contribution >= 0.6 is 0 Å². The smallest absolute Gasteiger partial charge is 0.230 e. The van der Waals surface area contributed by atoms with Gasteiger partial charge in [-0.25, -0.2) is 4.98 Å². The summed E-state index contributed by atoms with van der Waals surface area (Å²) in [6.45, 7) is 7.70. The summed E-state index contributed by atoms with van der Waals surface area (Å²) < 4.78 is 5.44. The van der Waals surface area contributed by atoms with E-state index in [1.54, 1.807) is 0 Å². The zero-order chi connectivity index (χ0) is 12.4. The number of aromatic nitrogens is 1. The Morgan fingerprint density at radius 2 is 2.06 bits per heavy atom. The molecule has 0 bridgehead atoms. The van der Waals surface area contributed by atoms with Crippen molar-refractivity contribution < 1.29 is 9.21 Å². The van der Waals surface area contributed by atoms with E-state index in [2.05, 4.69) is 11.9 Å². The number of likely N-dealkylation sites (tertiary alicyclic amines) is 1. The molecule has 1 amide bonds. The van der Waals surface area contributed by atoms with E-state index in [0.29, 0.717) is 18.1 Å². The Morgan fingerprint density at radius 1 is 1.41 bits per heavy atom. The van der Waals surface area contributed by atoms with E-state index in [9.17, 15) is 4.79 Å². The van der Waals surface area contributed by atoms with E-state index in [1.165, 1.54) is 0 Å². The molecule has 0 N–H and O–H groups in total. The van der Waals surface area contributed by atoms with Gasteiger partial charge < -0.3 is 9.32 Å². The maximum Gasteiger partial charge on any atom is 0.230 e. The molecule has 0 atom stereocenters. The minimum atomic E-state index is 0.163. The quantitative estimate of drug-likeness (QED) is 0.790. The van der Waals surface area contributed by atoms with Crippen LogP contribution in [0.15, 0.2) is 4.42 Å². The lowest BCUT2D eigenvalue weighted by molar-refractivity contribution is -0.132. The highest BCUT2D eigenvalue weighted by molar-refractivity contribution is 5.78. The normalized spacial score (nSPS) is 17.5. The second-order valence-electron chi connectivity index (χ2n) is 4.98. The number of piperidine rings is 1. The Labute approximate surface area is 102 Å². The van der Waals surface area contributed by atoms with Gasteiger partial charge in [0.25, 0.3) is 0 Å². The number of rotatable bonds is 2. The van der Waals surface area contributed by atoms with Crippen LogP contribution in [0.1, 0.15) is 37.1 Å². The molecule has 2 heterocycles. The fraction of sp³-hybridized carbons (Fsp3) is 0.692. The van der Waals surface area contributed by atoms with Crippen LogP contribution in [-0.4, -0.2) is 28.9 Å². The Bertz CT molecular complexity index is 404. The molecule has 94 valence electrons. The molecule has 4 nitrogen and oxygen atoms in total. The summed E-state index contributed by atoms with van der Waals surface area (Å²) in [7, 11) is 0. The molecule has 1 fully saturated rings. The van der Waals surface area contributed by atoms with Gasteiger partial charge in [0.05, 0.1) is 12.1 Å². The summed E-state index contributed by atoms with van der Waals surface area (Å²) in [5.74, 6) is 2.26. The monoisotopic (exact) mass is 236 g/mol. The van der Waals surface area contributed by atoms with Crippen molar-refractivity contribution in [1.82, 2.24) is 9.88 Å². The third-order valence-corrected chi connectivity index (χ3v) is 3.45. The molecule has 1 aliphatic rings. The molecule has 0 unspecified atom stereocenters. The molecule has 17 heavy (non-hydrogen) atoms. The molecule has 1 saturated heterocycles. The van der Waals surface area contributed by atoms with Crippen molar-refractivity contribution in [3.05, 3.63) is 17.3 Å². The molecule has 0 radical (unpaired) electrons. The molecule has 1 aliphatic heterocycles. The highest BCUT2D eigenvalue weighted by Gasteiger charge is 2.22. The van der Waals surface area contributed by atoms with Crippen LogP contribution in [0.2, 0.25) is 0 Å². The van der Waals surface area contributed by atoms with Gasteiger partial charge in [0.15, 0.2) is 5.89 Å². The molecular formula is C13H20N2O2. The van der Waals surface area contributed by atoms with E-state index in [1.807, 2.05) is 18.7 Å². The number of carbonyl (C=O) groups is 1. The minimum Gasteiger partial charge on any atom is -0.445 e. The third kappa shape index (κ3) is 2.87. The molecule has 0 aliphatic carbocycles. The first-order chi connectivity index (χ1) is 8.06. The van der Waals surface area contributed by atoms with Crippen LogP contribution < -0.4 is 0 Å². The lowest BCUT2D eigenvalue weighted by atomic mass is 9.99. The number of carbonyl (C=O) groups excluding carboxylic acids is 1. The molecular weight excluding hydrogens is 216 g/mol. The molecule has 2 rings (SSSR count). The number of hydrogen-bond donors (Lipinski definition) is 0. The van der Waals surface area contributed by atoms with Crippen LogP contribution in [0.25, 0.3) is 0 Å². The van der Waals surface area contributed by atoms with Gasteiger partial charge in [0.1, 0.15) is 5.76 Å². The maximum absolute atomic E-state index is 12.1. The Hall–Kier alpha value is -1.32. The van der Waals surface area contributed by atoms with Gasteiger partial charge in [0, 0.05) is 20.0 Å². The van der Waals surface area contributed by atoms with Crippen LogP contribution in [0.3, 0.4) is 0 Å². The number of amides is 1. The molecule has 0 spiro atoms. The number of aryl methyl sites for hydroxylation is 2. The molecule has 0 saturated carbocycles. The van der Waals surface area contributed by atoms with Gasteiger partial charge in [0.2, 0.25) is 5.91 Å². The number of nitrogens with zero attached hydrogens (tertiary/aromatic N) is 2. The minimum absolute atomic E-state index is 0.163. The van der Waals surface area contributed by atoms with Crippen molar-refractivity contribution in [3.63, 3.8) is 0 Å². The van der Waals surface area contributed by atoms with Gasteiger partial charge in [-0.2, -0.15) is 0 Å². The van der Waals surface area contributed by atoms with Gasteiger partial charge >= 0.3 is 0 Å². The summed E-state index contributed by atoms with van der Waals surface area (Å²) in [5, 5.41) is 0. The van der Waals surface area contributed by atoms with Crippen molar-refractivity contribution in [3.8, 4) is 0 Å². The number of oxazole rings is 1. The van der Waals surface area contributed by atoms with E-state index >= 15 is 0 Å². The van der Waals surface area contributed by atoms with Gasteiger partial charge in [-0.15, -0.1) is 0 Å². The SMILES string of the molecule is Cc1nc(C)c(CC(=O)N2CCC(C)CC2)o1. The van der Waals surface area contributed by atoms with Crippen LogP contribution in [0, 0.1) is 19.8 Å². The average molecular weight is 236 g/mol. The summed E-state index contributed by atoms with van der Waals surface area (Å²) in [6, 6.07) is 0. The predicted molar refractivity (Wildman–Crippen MR) is 64.7 cm³/mol. The fourth-order valence-electron chi connectivity index (χ4n) is 2.24. The first kappa shape index (κ1) is 12.1. The topological polar surface area (TPSA) is 46.3 Å². The van der Waals surface area contributed by atoms with Crippen LogP contribution in [0.4, 0.5) is 0 Å². The highest BCUT2D eigenvalue weighted by atomic mass is 16.4. The third-order valence-electron chi connectivity index (χ3n) is 3.45. The first-order valence-corrected chi connectivity index (χ1v) is 6.27. The zero-order valence-corrected chi connectivity index (χ0v) is 10.8. The molecule has 0 aromatic carbocycles. The van der Waals surface area contributed by atoms with E-state index in [0.717, 1.165) is 37.5 Å². The molecule has 1 aromatic heterocycles. The molecule has 4 heteroatoms. The van der Waals surface area contributed by atoms with Gasteiger partial charge in [-0.1, -0.05) is 6.92 Å². The maximum atomic E-state index is 12.1. The van der Waals surface area contributed by atoms with Gasteiger partial charge in [-0.05, 0) is 25.7 Å². The summed E-state index contributed by atoms with van der Waals surface area (Å²) in [4.78, 5) is 18.2. The fourth-order valence-corrected chi connectivity index (χ4v) is 2.24. The van der Waals surface area contributed by atoms with Crippen LogP contribution in [0.5, 0.6) is 0 Å². The largest absolute Gasteiger partial charge is 0.445 e. The van der Waals surface area contributed by atoms with Crippen molar-refractivity contribution in [2.24, 2.45) is 5.92 Å². The van der Waals surface area contributed by atoms with Gasteiger partial charge in [-0.3, -0.25) is 4.79 Å². The van der Waals surface area contributed by atoms with Crippen molar-refractivity contribution in [1.29, 1.82) is 0 Å². The van der Waals surface area contributed by atoms with Crippen molar-refractivity contribution >= 4 is 5.91 Å². The number of hydrogen-bond acceptors (Lipinski definition) is 3. The summed E-state index contributed by atoms with van der Waals surface area (Å²) in [5.41, 5.74) is 0.834. The predicted octanol–water partition coefficient (Wildman–Crippen LogP) is 2.09. The van der Waals surface area contributed by atoms with Crippen molar-refractivity contribution in [2.75, 3.05) is 13.1 Å². The first-order valence-electron chi connectivity index (χ1n) is 6.27. The van der Waals surface area contributed by atoms with E-state index < -0.39 is 0 Å². The van der Waals surface area contributed by atoms with Crippen LogP contribution in [-0.2, 0) is 11.2 Å². The second kappa shape index (κ2) is 4.90. The Morgan fingerprint density at radius 3 is 2.59 bits per heavy atom. The van der Waals surface area contributed by atoms with E-state index in [4.69, 9.17) is 4.42 Å². The molecule has 1 aromatic rings. The highest BCUT2D eigenvalue weighted by Crippen LogP contribution is 2.18. The second-order valence-corrected chi connectivity index (χ2v) is 4.98. The lowest BCUT2D eigenvalue weighted by Gasteiger charge is -2.30. The Kier molecular flexibility index (Phi) is 3.50. The average Bonchev–Trinajstić information content (AvgIpc) is 2.58.